The van der Waals surface area contributed by atoms with Crippen LogP contribution in [-0.4, -0.2) is 42.4 Å². The second-order valence-corrected chi connectivity index (χ2v) is 3.47. The van der Waals surface area contributed by atoms with Crippen LogP contribution >= 0.6 is 12.6 Å². The number of aliphatic hydroxyl groups excluding tert-OH is 1. The summed E-state index contributed by atoms with van der Waals surface area (Å²) < 4.78 is 10.7. The Hall–Kier alpha value is 0.230. The number of thiol groups is 1. The third kappa shape index (κ3) is 1.18. The van der Waals surface area contributed by atoms with Gasteiger partial charge in [-0.1, -0.05) is 0 Å². The molecule has 0 radical (unpaired) electrons. The van der Waals surface area contributed by atoms with E-state index in [9.17, 15) is 5.11 Å². The van der Waals surface area contributed by atoms with Crippen molar-refractivity contribution in [3.63, 3.8) is 0 Å². The Balaban J connectivity index is 2.04. The Morgan fingerprint density at radius 1 is 1.27 bits per heavy atom. The maximum atomic E-state index is 9.34. The van der Waals surface area contributed by atoms with E-state index in [2.05, 4.69) is 12.6 Å². The Morgan fingerprint density at radius 3 is 2.73 bits per heavy atom. The summed E-state index contributed by atoms with van der Waals surface area (Å²) in [4.78, 5) is 0. The predicted octanol–water partition coefficient (Wildman–Crippen LogP) is -0.309. The summed E-state index contributed by atoms with van der Waals surface area (Å²) in [5.41, 5.74) is 0. The molecule has 0 aliphatic carbocycles. The molecule has 2 aliphatic heterocycles. The first-order valence-electron chi connectivity index (χ1n) is 3.85. The van der Waals surface area contributed by atoms with E-state index in [1.807, 2.05) is 0 Å². The molecule has 4 heteroatoms. The molecule has 0 aromatic rings. The number of rotatable bonds is 1. The molecular formula is C7H12O3S. The van der Waals surface area contributed by atoms with Crippen molar-refractivity contribution < 1.29 is 14.6 Å². The van der Waals surface area contributed by atoms with Crippen LogP contribution in [0.3, 0.4) is 0 Å². The molecule has 0 spiro atoms. The molecule has 3 nitrogen and oxygen atoms in total. The Morgan fingerprint density at radius 2 is 2.00 bits per heavy atom. The zero-order chi connectivity index (χ0) is 7.84. The van der Waals surface area contributed by atoms with Gasteiger partial charge in [0.15, 0.2) is 0 Å². The van der Waals surface area contributed by atoms with Gasteiger partial charge < -0.3 is 14.6 Å². The molecule has 64 valence electrons. The molecule has 2 fully saturated rings. The van der Waals surface area contributed by atoms with Crippen molar-refractivity contribution >= 4 is 12.6 Å². The minimum Gasteiger partial charge on any atom is -0.388 e. The van der Waals surface area contributed by atoms with Gasteiger partial charge in [0.05, 0.1) is 19.3 Å². The molecule has 0 bridgehead atoms. The summed E-state index contributed by atoms with van der Waals surface area (Å²) in [6.45, 7) is 1.09. The highest BCUT2D eigenvalue weighted by Gasteiger charge is 2.46. The van der Waals surface area contributed by atoms with Crippen LogP contribution in [0.25, 0.3) is 0 Å². The fourth-order valence-electron chi connectivity index (χ4n) is 1.71. The SMILES string of the molecule is O[C@@H]1CO[C@@H]2[C@H](CS)CO[C@@H]21. The summed E-state index contributed by atoms with van der Waals surface area (Å²) in [6, 6.07) is 0. The van der Waals surface area contributed by atoms with Crippen LogP contribution in [0, 0.1) is 5.92 Å². The van der Waals surface area contributed by atoms with Crippen molar-refractivity contribution in [1.29, 1.82) is 0 Å². The van der Waals surface area contributed by atoms with E-state index in [1.165, 1.54) is 0 Å². The topological polar surface area (TPSA) is 38.7 Å². The van der Waals surface area contributed by atoms with Gasteiger partial charge in [0.1, 0.15) is 12.2 Å². The molecule has 2 saturated heterocycles. The molecule has 2 aliphatic rings. The Kier molecular flexibility index (Phi) is 2.10. The lowest BCUT2D eigenvalue weighted by atomic mass is 10.0. The molecule has 0 aromatic carbocycles. The lowest BCUT2D eigenvalue weighted by Gasteiger charge is -2.12. The second kappa shape index (κ2) is 2.94. The van der Waals surface area contributed by atoms with E-state index in [0.29, 0.717) is 19.1 Å². The van der Waals surface area contributed by atoms with E-state index >= 15 is 0 Å². The van der Waals surface area contributed by atoms with Crippen molar-refractivity contribution in [2.45, 2.75) is 18.3 Å². The van der Waals surface area contributed by atoms with Crippen LogP contribution in [0.2, 0.25) is 0 Å². The number of hydrogen-bond donors (Lipinski definition) is 2. The van der Waals surface area contributed by atoms with Gasteiger partial charge in [-0.05, 0) is 5.75 Å². The lowest BCUT2D eigenvalue weighted by molar-refractivity contribution is 0.0174. The van der Waals surface area contributed by atoms with Gasteiger partial charge in [-0.3, -0.25) is 0 Å². The highest BCUT2D eigenvalue weighted by molar-refractivity contribution is 7.80. The van der Waals surface area contributed by atoms with Crippen molar-refractivity contribution in [2.24, 2.45) is 5.92 Å². The summed E-state index contributed by atoms with van der Waals surface area (Å²) in [5.74, 6) is 1.13. The molecular weight excluding hydrogens is 164 g/mol. The highest BCUT2D eigenvalue weighted by Crippen LogP contribution is 2.31. The number of hydrogen-bond acceptors (Lipinski definition) is 4. The van der Waals surface area contributed by atoms with Crippen LogP contribution < -0.4 is 0 Å². The molecule has 0 saturated carbocycles. The average molecular weight is 176 g/mol. The summed E-state index contributed by atoms with van der Waals surface area (Å²) >= 11 is 4.19. The standard InChI is InChI=1S/C7H12O3S/c8-5-2-10-6-4(3-11)1-9-7(5)6/h4-8,11H,1-3H2/t4-,5+,6+,7+/m0/s1. The van der Waals surface area contributed by atoms with Crippen molar-refractivity contribution in [3.05, 3.63) is 0 Å². The number of ether oxygens (including phenoxy) is 2. The maximum Gasteiger partial charge on any atom is 0.112 e. The second-order valence-electron chi connectivity index (χ2n) is 3.11. The highest BCUT2D eigenvalue weighted by atomic mass is 32.1. The maximum absolute atomic E-state index is 9.34. The van der Waals surface area contributed by atoms with Gasteiger partial charge in [-0.15, -0.1) is 0 Å². The monoisotopic (exact) mass is 176 g/mol. The molecule has 2 rings (SSSR count). The molecule has 1 N–H and O–H groups in total. The molecule has 2 heterocycles. The third-order valence-corrected chi connectivity index (χ3v) is 2.83. The van der Waals surface area contributed by atoms with E-state index in [-0.39, 0.29) is 12.2 Å². The van der Waals surface area contributed by atoms with E-state index in [1.54, 1.807) is 0 Å². The van der Waals surface area contributed by atoms with Gasteiger partial charge in [0, 0.05) is 5.92 Å². The fourth-order valence-corrected chi connectivity index (χ4v) is 2.03. The molecule has 0 amide bonds. The third-order valence-electron chi connectivity index (χ3n) is 2.36. The van der Waals surface area contributed by atoms with E-state index in [0.717, 1.165) is 5.75 Å². The first-order valence-corrected chi connectivity index (χ1v) is 4.48. The number of aliphatic hydroxyl groups is 1. The van der Waals surface area contributed by atoms with Gasteiger partial charge in [0.25, 0.3) is 0 Å². The van der Waals surface area contributed by atoms with Gasteiger partial charge in [0.2, 0.25) is 0 Å². The summed E-state index contributed by atoms with van der Waals surface area (Å²) in [6.07, 6.45) is -0.431. The first-order chi connectivity index (χ1) is 5.33. The minimum atomic E-state index is -0.426. The zero-order valence-electron chi connectivity index (χ0n) is 6.14. The van der Waals surface area contributed by atoms with Crippen LogP contribution in [0.4, 0.5) is 0 Å². The average Bonchev–Trinajstić information content (AvgIpc) is 2.53. The molecule has 0 aromatic heterocycles. The van der Waals surface area contributed by atoms with Gasteiger partial charge >= 0.3 is 0 Å². The normalized spacial score (nSPS) is 49.6. The van der Waals surface area contributed by atoms with Crippen molar-refractivity contribution in [2.75, 3.05) is 19.0 Å². The molecule has 0 unspecified atom stereocenters. The minimum absolute atomic E-state index is 0.0856. The van der Waals surface area contributed by atoms with E-state index in [4.69, 9.17) is 9.47 Å². The van der Waals surface area contributed by atoms with E-state index < -0.39 is 6.10 Å². The molecule has 4 atom stereocenters. The number of fused-ring (bicyclic) bond motifs is 1. The van der Waals surface area contributed by atoms with Crippen LogP contribution in [0.5, 0.6) is 0 Å². The van der Waals surface area contributed by atoms with Crippen LogP contribution in [0.15, 0.2) is 0 Å². The van der Waals surface area contributed by atoms with Crippen molar-refractivity contribution in [1.82, 2.24) is 0 Å². The Labute approximate surface area is 71.1 Å². The van der Waals surface area contributed by atoms with Gasteiger partial charge in [-0.25, -0.2) is 0 Å². The molecule has 11 heavy (non-hydrogen) atoms. The largest absolute Gasteiger partial charge is 0.388 e. The van der Waals surface area contributed by atoms with Crippen LogP contribution in [0.1, 0.15) is 0 Å². The van der Waals surface area contributed by atoms with Crippen LogP contribution in [-0.2, 0) is 9.47 Å². The smallest absolute Gasteiger partial charge is 0.112 e. The van der Waals surface area contributed by atoms with Gasteiger partial charge in [-0.2, -0.15) is 12.6 Å². The Bertz CT molecular complexity index is 153. The summed E-state index contributed by atoms with van der Waals surface area (Å²) in [5, 5.41) is 9.34. The fraction of sp³-hybridized carbons (Fsp3) is 1.00. The van der Waals surface area contributed by atoms with Crippen molar-refractivity contribution in [3.8, 4) is 0 Å². The quantitative estimate of drug-likeness (QED) is 0.538. The lowest BCUT2D eigenvalue weighted by Crippen LogP contribution is -2.29. The first kappa shape index (κ1) is 7.86. The predicted molar refractivity (Wildman–Crippen MR) is 42.8 cm³/mol. The zero-order valence-corrected chi connectivity index (χ0v) is 7.04. The summed E-state index contributed by atoms with van der Waals surface area (Å²) in [7, 11) is 0.